The maximum atomic E-state index is 5.92. The van der Waals surface area contributed by atoms with Crippen molar-refractivity contribution >= 4 is 5.69 Å². The minimum atomic E-state index is 0.483. The maximum absolute atomic E-state index is 5.92. The van der Waals surface area contributed by atoms with Crippen LogP contribution in [0, 0.1) is 6.92 Å². The number of aryl methyl sites for hydroxylation is 1. The molecule has 1 unspecified atom stereocenters. The third-order valence-corrected chi connectivity index (χ3v) is 5.15. The zero-order valence-corrected chi connectivity index (χ0v) is 15.6. The molecular formula is C21H28N2O2. The van der Waals surface area contributed by atoms with Gasteiger partial charge in [0, 0.05) is 25.3 Å². The molecule has 4 nitrogen and oxygen atoms in total. The van der Waals surface area contributed by atoms with E-state index < -0.39 is 0 Å². The summed E-state index contributed by atoms with van der Waals surface area (Å²) in [4.78, 5) is 2.52. The Bertz CT molecular complexity index is 758. The number of nitrogens with two attached hydrogens (primary N) is 1. The summed E-state index contributed by atoms with van der Waals surface area (Å²) in [6, 6.07) is 10.6. The standard InChI is InChI=1S/C21H28N2O2/c1-14-9-16(5-6-19(14)22)7-8-23-12-15(2)18-11-21(25-4)20(24-3)10-17(18)13-23/h5-6,9-11,15H,7-8,12-13,22H2,1-4H3. The van der Waals surface area contributed by atoms with Gasteiger partial charge in [0.15, 0.2) is 11.5 Å². The molecule has 0 radical (unpaired) electrons. The first kappa shape index (κ1) is 17.6. The van der Waals surface area contributed by atoms with Crippen molar-refractivity contribution in [3.8, 4) is 11.5 Å². The topological polar surface area (TPSA) is 47.7 Å². The highest BCUT2D eigenvalue weighted by Crippen LogP contribution is 2.37. The van der Waals surface area contributed by atoms with E-state index in [2.05, 4.69) is 43.0 Å². The van der Waals surface area contributed by atoms with Crippen LogP contribution in [0.5, 0.6) is 11.5 Å². The summed E-state index contributed by atoms with van der Waals surface area (Å²) >= 11 is 0. The zero-order valence-electron chi connectivity index (χ0n) is 15.6. The largest absolute Gasteiger partial charge is 0.493 e. The number of nitrogens with zero attached hydrogens (tertiary/aromatic N) is 1. The number of anilines is 1. The van der Waals surface area contributed by atoms with E-state index in [-0.39, 0.29) is 0 Å². The molecule has 2 aromatic rings. The van der Waals surface area contributed by atoms with Crippen LogP contribution in [-0.4, -0.2) is 32.2 Å². The lowest BCUT2D eigenvalue weighted by molar-refractivity contribution is 0.236. The predicted molar refractivity (Wildman–Crippen MR) is 103 cm³/mol. The maximum Gasteiger partial charge on any atom is 0.161 e. The van der Waals surface area contributed by atoms with Gasteiger partial charge in [-0.05, 0) is 59.7 Å². The lowest BCUT2D eigenvalue weighted by atomic mass is 9.90. The molecule has 25 heavy (non-hydrogen) atoms. The van der Waals surface area contributed by atoms with Crippen LogP contribution in [0.15, 0.2) is 30.3 Å². The van der Waals surface area contributed by atoms with Crippen LogP contribution in [0.25, 0.3) is 0 Å². The van der Waals surface area contributed by atoms with Crippen molar-refractivity contribution in [3.05, 3.63) is 52.6 Å². The molecule has 0 saturated carbocycles. The fourth-order valence-electron chi connectivity index (χ4n) is 3.67. The first-order valence-corrected chi connectivity index (χ1v) is 8.84. The van der Waals surface area contributed by atoms with Gasteiger partial charge in [0.1, 0.15) is 0 Å². The molecule has 1 atom stereocenters. The highest BCUT2D eigenvalue weighted by Gasteiger charge is 2.24. The molecule has 2 aromatic carbocycles. The number of rotatable bonds is 5. The average molecular weight is 340 g/mol. The molecule has 2 N–H and O–H groups in total. The van der Waals surface area contributed by atoms with E-state index >= 15 is 0 Å². The van der Waals surface area contributed by atoms with Gasteiger partial charge in [-0.2, -0.15) is 0 Å². The first-order valence-electron chi connectivity index (χ1n) is 8.84. The number of hydrogen-bond acceptors (Lipinski definition) is 4. The molecule has 0 fully saturated rings. The van der Waals surface area contributed by atoms with Gasteiger partial charge in [0.25, 0.3) is 0 Å². The summed E-state index contributed by atoms with van der Waals surface area (Å²) in [6.45, 7) is 7.41. The number of nitrogen functional groups attached to an aromatic ring is 1. The Morgan fingerprint density at radius 3 is 2.52 bits per heavy atom. The summed E-state index contributed by atoms with van der Waals surface area (Å²) in [5, 5.41) is 0. The van der Waals surface area contributed by atoms with E-state index in [0.29, 0.717) is 5.92 Å². The Kier molecular flexibility index (Phi) is 5.19. The minimum Gasteiger partial charge on any atom is -0.493 e. The third kappa shape index (κ3) is 3.74. The Morgan fingerprint density at radius 2 is 1.84 bits per heavy atom. The Morgan fingerprint density at radius 1 is 1.12 bits per heavy atom. The van der Waals surface area contributed by atoms with Crippen molar-refractivity contribution in [2.45, 2.75) is 32.7 Å². The fourth-order valence-corrected chi connectivity index (χ4v) is 3.67. The molecule has 3 rings (SSSR count). The summed E-state index contributed by atoms with van der Waals surface area (Å²) in [6.07, 6.45) is 1.04. The monoisotopic (exact) mass is 340 g/mol. The Balaban J connectivity index is 1.73. The molecule has 1 aliphatic heterocycles. The van der Waals surface area contributed by atoms with Crippen LogP contribution < -0.4 is 15.2 Å². The molecule has 0 spiro atoms. The summed E-state index contributed by atoms with van der Waals surface area (Å²) in [5.74, 6) is 2.11. The van der Waals surface area contributed by atoms with Gasteiger partial charge in [-0.15, -0.1) is 0 Å². The molecule has 0 saturated heterocycles. The highest BCUT2D eigenvalue weighted by atomic mass is 16.5. The van der Waals surface area contributed by atoms with Gasteiger partial charge >= 0.3 is 0 Å². The normalized spacial score (nSPS) is 17.2. The minimum absolute atomic E-state index is 0.483. The second kappa shape index (κ2) is 7.36. The molecule has 0 aliphatic carbocycles. The molecule has 134 valence electrons. The van der Waals surface area contributed by atoms with Crippen LogP contribution in [0.2, 0.25) is 0 Å². The molecule has 0 bridgehead atoms. The van der Waals surface area contributed by atoms with E-state index in [4.69, 9.17) is 15.2 Å². The first-order chi connectivity index (χ1) is 12.0. The third-order valence-electron chi connectivity index (χ3n) is 5.15. The van der Waals surface area contributed by atoms with E-state index in [1.807, 2.05) is 6.07 Å². The number of hydrogen-bond donors (Lipinski definition) is 1. The molecule has 0 amide bonds. The van der Waals surface area contributed by atoms with Crippen LogP contribution in [0.4, 0.5) is 5.69 Å². The number of ether oxygens (including phenoxy) is 2. The van der Waals surface area contributed by atoms with Crippen molar-refractivity contribution < 1.29 is 9.47 Å². The van der Waals surface area contributed by atoms with Gasteiger partial charge in [0.2, 0.25) is 0 Å². The second-order valence-electron chi connectivity index (χ2n) is 6.98. The van der Waals surface area contributed by atoms with Crippen LogP contribution in [-0.2, 0) is 13.0 Å². The SMILES string of the molecule is COc1cc2c(cc1OC)C(C)CN(CCc1ccc(N)c(C)c1)C2. The van der Waals surface area contributed by atoms with Crippen molar-refractivity contribution in [2.75, 3.05) is 33.0 Å². The van der Waals surface area contributed by atoms with Crippen LogP contribution >= 0.6 is 0 Å². The van der Waals surface area contributed by atoms with Gasteiger partial charge in [-0.1, -0.05) is 19.1 Å². The molecular weight excluding hydrogens is 312 g/mol. The van der Waals surface area contributed by atoms with E-state index in [1.54, 1.807) is 14.2 Å². The quantitative estimate of drug-likeness (QED) is 0.842. The summed E-state index contributed by atoms with van der Waals surface area (Å²) < 4.78 is 10.9. The van der Waals surface area contributed by atoms with Crippen molar-refractivity contribution in [1.82, 2.24) is 4.90 Å². The van der Waals surface area contributed by atoms with Gasteiger partial charge < -0.3 is 15.2 Å². The Hall–Kier alpha value is -2.20. The lowest BCUT2D eigenvalue weighted by Crippen LogP contribution is -2.34. The zero-order chi connectivity index (χ0) is 18.0. The van der Waals surface area contributed by atoms with E-state index in [0.717, 1.165) is 48.8 Å². The van der Waals surface area contributed by atoms with Crippen molar-refractivity contribution in [3.63, 3.8) is 0 Å². The summed E-state index contributed by atoms with van der Waals surface area (Å²) in [5.41, 5.74) is 12.0. The van der Waals surface area contributed by atoms with E-state index in [1.165, 1.54) is 16.7 Å². The number of benzene rings is 2. The highest BCUT2D eigenvalue weighted by molar-refractivity contribution is 5.49. The number of methoxy groups -OCH3 is 2. The predicted octanol–water partition coefficient (Wildman–Crippen LogP) is 3.76. The average Bonchev–Trinajstić information content (AvgIpc) is 2.61. The summed E-state index contributed by atoms with van der Waals surface area (Å²) in [7, 11) is 3.39. The second-order valence-corrected chi connectivity index (χ2v) is 6.98. The van der Waals surface area contributed by atoms with Gasteiger partial charge in [-0.3, -0.25) is 4.90 Å². The molecule has 0 aromatic heterocycles. The fraction of sp³-hybridized carbons (Fsp3) is 0.429. The van der Waals surface area contributed by atoms with Crippen LogP contribution in [0.1, 0.15) is 35.1 Å². The number of fused-ring (bicyclic) bond motifs is 1. The Labute approximate surface area is 150 Å². The lowest BCUT2D eigenvalue weighted by Gasteiger charge is -2.33. The molecule has 1 aliphatic rings. The van der Waals surface area contributed by atoms with Crippen LogP contribution in [0.3, 0.4) is 0 Å². The van der Waals surface area contributed by atoms with Gasteiger partial charge in [-0.25, -0.2) is 0 Å². The molecule has 4 heteroatoms. The van der Waals surface area contributed by atoms with E-state index in [9.17, 15) is 0 Å². The van der Waals surface area contributed by atoms with Gasteiger partial charge in [0.05, 0.1) is 14.2 Å². The van der Waals surface area contributed by atoms with Crippen molar-refractivity contribution in [1.29, 1.82) is 0 Å². The smallest absolute Gasteiger partial charge is 0.161 e. The van der Waals surface area contributed by atoms with Crippen molar-refractivity contribution in [2.24, 2.45) is 0 Å². The molecule has 1 heterocycles.